The smallest absolute Gasteiger partial charge is 0.354 e. The number of urea groups is 1. The summed E-state index contributed by atoms with van der Waals surface area (Å²) in [5.41, 5.74) is 9.90. The molecule has 2 aliphatic carbocycles. The molecule has 0 radical (unpaired) electrons. The lowest BCUT2D eigenvalue weighted by atomic mass is 9.99. The molecule has 8 nitrogen and oxygen atoms in total. The Morgan fingerprint density at radius 1 is 1.31 bits per heavy atom. The molecule has 6 N–H and O–H groups in total. The maximum Gasteiger partial charge on any atom is 0.354 e. The number of fused-ring (bicyclic) bond motifs is 2. The summed E-state index contributed by atoms with van der Waals surface area (Å²) in [7, 11) is -3.49. The molecule has 156 valence electrons. The zero-order chi connectivity index (χ0) is 20.8. The van der Waals surface area contributed by atoms with Crippen molar-refractivity contribution in [2.45, 2.75) is 55.3 Å². The number of nitrogens with one attached hydrogen (secondary N) is 1. The monoisotopic (exact) mass is 435 g/mol. The number of benzene rings is 1. The lowest BCUT2D eigenvalue weighted by Crippen LogP contribution is -2.30. The predicted molar refractivity (Wildman–Crippen MR) is 113 cm³/mol. The number of nitrogens with two attached hydrogens (primary N) is 2. The first-order chi connectivity index (χ1) is 13.7. The molecule has 0 aliphatic heterocycles. The summed E-state index contributed by atoms with van der Waals surface area (Å²) in [4.78, 5) is 16.7. The molecular formula is C19H25N5O3S2. The van der Waals surface area contributed by atoms with Gasteiger partial charge in [-0.1, -0.05) is 6.07 Å². The first-order valence-corrected chi connectivity index (χ1v) is 12.0. The van der Waals surface area contributed by atoms with Crippen molar-refractivity contribution in [3.8, 4) is 0 Å². The molecule has 1 aromatic heterocycles. The summed E-state index contributed by atoms with van der Waals surface area (Å²) in [5.74, 6) is 0. The van der Waals surface area contributed by atoms with Crippen molar-refractivity contribution in [2.75, 3.05) is 11.9 Å². The van der Waals surface area contributed by atoms with Crippen molar-refractivity contribution in [2.24, 2.45) is 15.2 Å². The fraction of sp³-hybridized carbons (Fsp3) is 0.474. The Balaban J connectivity index is 1.63. The van der Waals surface area contributed by atoms with Crippen LogP contribution in [0.5, 0.6) is 0 Å². The molecule has 2 amide bonds. The van der Waals surface area contributed by atoms with Gasteiger partial charge in [-0.3, -0.25) is 0 Å². The third-order valence-corrected chi connectivity index (χ3v) is 8.68. The molecule has 2 aromatic rings. The minimum atomic E-state index is -3.49. The average Bonchev–Trinajstić information content (AvgIpc) is 3.40. The molecule has 0 saturated heterocycles. The highest BCUT2D eigenvalue weighted by molar-refractivity contribution is 7.93. The van der Waals surface area contributed by atoms with Crippen LogP contribution in [0.4, 0.5) is 10.5 Å². The Bertz CT molecular complexity index is 1070. The number of carbonyl (C=O) groups is 1. The van der Waals surface area contributed by atoms with Crippen molar-refractivity contribution in [3.05, 3.63) is 39.5 Å². The van der Waals surface area contributed by atoms with Gasteiger partial charge in [-0.05, 0) is 67.7 Å². The molecular weight excluding hydrogens is 410 g/mol. The van der Waals surface area contributed by atoms with Gasteiger partial charge in [-0.2, -0.15) is 0 Å². The highest BCUT2D eigenvalue weighted by Gasteiger charge is 2.28. The number of anilines is 1. The van der Waals surface area contributed by atoms with Gasteiger partial charge in [-0.15, -0.1) is 15.7 Å². The van der Waals surface area contributed by atoms with Gasteiger partial charge < -0.3 is 16.2 Å². The van der Waals surface area contributed by atoms with Crippen molar-refractivity contribution in [3.63, 3.8) is 0 Å². The standard InChI is InChI=1S/C19H25N5O3S2/c1-19(26,10-20)17-22-9-15(28-17)29(21,27)24-18(25)23-16-13-6-2-4-11(13)8-12-5-3-7-14(12)16/h8-9,26H,2-7,10,20H2,1H3,(H3,21,23,24,25,27)/t19-,29?/m1/s1. The first kappa shape index (κ1) is 20.4. The van der Waals surface area contributed by atoms with E-state index in [-0.39, 0.29) is 15.8 Å². The molecule has 10 heteroatoms. The van der Waals surface area contributed by atoms with Crippen LogP contribution in [-0.4, -0.2) is 26.9 Å². The van der Waals surface area contributed by atoms with Crippen molar-refractivity contribution in [1.29, 1.82) is 0 Å². The zero-order valence-corrected chi connectivity index (χ0v) is 17.9. The van der Waals surface area contributed by atoms with E-state index in [0.29, 0.717) is 0 Å². The van der Waals surface area contributed by atoms with E-state index in [4.69, 9.17) is 10.9 Å². The van der Waals surface area contributed by atoms with Crippen LogP contribution in [0.1, 0.15) is 47.0 Å². The van der Waals surface area contributed by atoms with Gasteiger partial charge in [-0.25, -0.2) is 19.1 Å². The average molecular weight is 436 g/mol. The summed E-state index contributed by atoms with van der Waals surface area (Å²) in [6.45, 7) is 1.46. The van der Waals surface area contributed by atoms with Gasteiger partial charge in [0.2, 0.25) is 0 Å². The van der Waals surface area contributed by atoms with E-state index >= 15 is 0 Å². The van der Waals surface area contributed by atoms with Crippen molar-refractivity contribution < 1.29 is 14.1 Å². The fourth-order valence-corrected chi connectivity index (χ4v) is 6.11. The number of carbonyl (C=O) groups excluding carboxylic acids is 1. The summed E-state index contributed by atoms with van der Waals surface area (Å²) in [6.07, 6.45) is 7.28. The number of thiazole rings is 1. The van der Waals surface area contributed by atoms with E-state index in [1.54, 1.807) is 0 Å². The SMILES string of the molecule is C[C@@](O)(CN)c1ncc(S(N)(=O)=NC(=O)Nc2c3c(cc4c2CCC4)CCC3)s1. The van der Waals surface area contributed by atoms with E-state index in [9.17, 15) is 14.1 Å². The van der Waals surface area contributed by atoms with E-state index in [1.807, 2.05) is 0 Å². The number of amides is 2. The number of nitrogens with zero attached hydrogens (tertiary/aromatic N) is 2. The summed E-state index contributed by atoms with van der Waals surface area (Å²) < 4.78 is 16.8. The molecule has 1 aromatic carbocycles. The van der Waals surface area contributed by atoms with Gasteiger partial charge in [0.05, 0.1) is 6.20 Å². The quantitative estimate of drug-likeness (QED) is 0.582. The topological polar surface area (TPSA) is 144 Å². The summed E-state index contributed by atoms with van der Waals surface area (Å²) >= 11 is 0.945. The molecule has 1 unspecified atom stereocenters. The number of rotatable bonds is 4. The second-order valence-electron chi connectivity index (χ2n) is 7.79. The van der Waals surface area contributed by atoms with E-state index < -0.39 is 21.5 Å². The molecule has 0 fully saturated rings. The Morgan fingerprint density at radius 2 is 1.93 bits per heavy atom. The van der Waals surface area contributed by atoms with Gasteiger partial charge in [0, 0.05) is 12.2 Å². The fourth-order valence-electron chi connectivity index (χ4n) is 4.00. The molecule has 0 saturated carbocycles. The first-order valence-electron chi connectivity index (χ1n) is 9.62. The predicted octanol–water partition coefficient (Wildman–Crippen LogP) is 2.22. The third kappa shape index (κ3) is 3.82. The lowest BCUT2D eigenvalue weighted by molar-refractivity contribution is 0.0665. The van der Waals surface area contributed by atoms with Gasteiger partial charge in [0.25, 0.3) is 0 Å². The van der Waals surface area contributed by atoms with Crippen LogP contribution in [0.2, 0.25) is 0 Å². The van der Waals surface area contributed by atoms with Crippen LogP contribution in [0.3, 0.4) is 0 Å². The third-order valence-electron chi connectivity index (χ3n) is 5.55. The van der Waals surface area contributed by atoms with Crippen molar-refractivity contribution >= 4 is 33.0 Å². The van der Waals surface area contributed by atoms with E-state index in [1.165, 1.54) is 24.2 Å². The van der Waals surface area contributed by atoms with Gasteiger partial charge in [0.1, 0.15) is 14.8 Å². The Morgan fingerprint density at radius 3 is 2.52 bits per heavy atom. The number of aromatic nitrogens is 1. The van der Waals surface area contributed by atoms with Gasteiger partial charge in [0.15, 0.2) is 9.92 Å². The normalized spacial score (nSPS) is 19.2. The number of aryl methyl sites for hydroxylation is 2. The molecule has 0 spiro atoms. The van der Waals surface area contributed by atoms with Crippen LogP contribution in [0.15, 0.2) is 20.8 Å². The highest BCUT2D eigenvalue weighted by atomic mass is 32.2. The Kier molecular flexibility index (Phi) is 5.24. The maximum absolute atomic E-state index is 12.9. The van der Waals surface area contributed by atoms with E-state index in [0.717, 1.165) is 66.7 Å². The second kappa shape index (κ2) is 7.44. The molecule has 2 aliphatic rings. The Hall–Kier alpha value is -1.85. The molecule has 2 atom stereocenters. The van der Waals surface area contributed by atoms with Crippen LogP contribution >= 0.6 is 11.3 Å². The summed E-state index contributed by atoms with van der Waals surface area (Å²) in [5, 5.41) is 19.2. The highest BCUT2D eigenvalue weighted by Crippen LogP contribution is 2.38. The second-order valence-corrected chi connectivity index (χ2v) is 10.8. The number of aliphatic hydroxyl groups is 1. The van der Waals surface area contributed by atoms with Crippen LogP contribution in [-0.2, 0) is 41.2 Å². The minimum absolute atomic E-state index is 0.0480. The van der Waals surface area contributed by atoms with Gasteiger partial charge >= 0.3 is 6.03 Å². The van der Waals surface area contributed by atoms with E-state index in [2.05, 4.69) is 20.7 Å². The zero-order valence-electron chi connectivity index (χ0n) is 16.2. The number of hydrogen-bond acceptors (Lipinski definition) is 6. The van der Waals surface area contributed by atoms with Crippen LogP contribution in [0.25, 0.3) is 0 Å². The Labute approximate surface area is 174 Å². The number of hydrogen-bond donors (Lipinski definition) is 4. The molecule has 1 heterocycles. The molecule has 0 bridgehead atoms. The molecule has 4 rings (SSSR count). The van der Waals surface area contributed by atoms with Crippen molar-refractivity contribution in [1.82, 2.24) is 4.98 Å². The largest absolute Gasteiger partial charge is 0.382 e. The minimum Gasteiger partial charge on any atom is -0.382 e. The maximum atomic E-state index is 12.9. The summed E-state index contributed by atoms with van der Waals surface area (Å²) in [6, 6.07) is 1.54. The lowest BCUT2D eigenvalue weighted by Gasteiger charge is -2.17. The van der Waals surface area contributed by atoms with Crippen LogP contribution in [0, 0.1) is 0 Å². The molecule has 29 heavy (non-hydrogen) atoms. The van der Waals surface area contributed by atoms with Crippen LogP contribution < -0.4 is 16.2 Å².